The molecule has 4 fully saturated rings. The van der Waals surface area contributed by atoms with Crippen molar-refractivity contribution in [2.45, 2.75) is 44.6 Å². The molecular weight excluding hydrogens is 336 g/mol. The summed E-state index contributed by atoms with van der Waals surface area (Å²) in [7, 11) is 0. The van der Waals surface area contributed by atoms with Crippen LogP contribution in [0.4, 0.5) is 0 Å². The van der Waals surface area contributed by atoms with Crippen LogP contribution in [-0.4, -0.2) is 5.11 Å². The summed E-state index contributed by atoms with van der Waals surface area (Å²) in [6.45, 7) is 0. The molecule has 4 saturated carbocycles. The number of hydrogen-bond donors (Lipinski definition) is 2. The standard InChI is InChI=1S/C20H23ClN2S/c21-16-3-1-15(2-4-16)17-8-18(23-19(24)22-17)20-9-12-5-13(10-20)7-14(6-12)11-20/h1-4,8,12-14,17H,5-7,9-11H2,(H2,22,23,24)/t12?,13?,14?,17-,20?/m0/s1. The maximum atomic E-state index is 6.04. The first-order valence-corrected chi connectivity index (χ1v) is 9.93. The second-order valence-corrected chi connectivity index (χ2v) is 9.25. The van der Waals surface area contributed by atoms with Gasteiger partial charge in [-0.15, -0.1) is 0 Å². The molecule has 0 unspecified atom stereocenters. The maximum Gasteiger partial charge on any atom is 0.171 e. The first-order valence-electron chi connectivity index (χ1n) is 9.15. The van der Waals surface area contributed by atoms with Gasteiger partial charge < -0.3 is 10.6 Å². The van der Waals surface area contributed by atoms with Gasteiger partial charge >= 0.3 is 0 Å². The van der Waals surface area contributed by atoms with E-state index >= 15 is 0 Å². The molecule has 6 rings (SSSR count). The molecule has 0 amide bonds. The summed E-state index contributed by atoms with van der Waals surface area (Å²) in [5.41, 5.74) is 2.97. The number of allylic oxidation sites excluding steroid dienone is 1. The topological polar surface area (TPSA) is 24.1 Å². The van der Waals surface area contributed by atoms with Crippen LogP contribution in [0, 0.1) is 23.2 Å². The Morgan fingerprint density at radius 3 is 2.12 bits per heavy atom. The van der Waals surface area contributed by atoms with Crippen LogP contribution in [0.1, 0.15) is 50.1 Å². The van der Waals surface area contributed by atoms with Crippen molar-refractivity contribution in [1.29, 1.82) is 0 Å². The van der Waals surface area contributed by atoms with Gasteiger partial charge in [-0.1, -0.05) is 23.7 Å². The Bertz CT molecular complexity index is 674. The Labute approximate surface area is 154 Å². The largest absolute Gasteiger partial charge is 0.352 e. The van der Waals surface area contributed by atoms with Crippen molar-refractivity contribution in [2.24, 2.45) is 23.2 Å². The molecule has 126 valence electrons. The molecular formula is C20H23ClN2S. The minimum atomic E-state index is 0.152. The molecule has 2 N–H and O–H groups in total. The van der Waals surface area contributed by atoms with E-state index in [0.29, 0.717) is 5.41 Å². The van der Waals surface area contributed by atoms with Crippen LogP contribution < -0.4 is 10.6 Å². The highest BCUT2D eigenvalue weighted by molar-refractivity contribution is 7.80. The molecule has 1 aromatic rings. The average molecular weight is 359 g/mol. The Kier molecular flexibility index (Phi) is 3.47. The molecule has 0 aromatic heterocycles. The van der Waals surface area contributed by atoms with E-state index in [9.17, 15) is 0 Å². The van der Waals surface area contributed by atoms with Crippen molar-refractivity contribution in [3.63, 3.8) is 0 Å². The van der Waals surface area contributed by atoms with Gasteiger partial charge in [0.15, 0.2) is 5.11 Å². The number of rotatable bonds is 2. The van der Waals surface area contributed by atoms with Gasteiger partial charge in [-0.3, -0.25) is 0 Å². The SMILES string of the molecule is S=C1NC(C23CC4CC(CC(C4)C2)C3)=C[C@@H](c2ccc(Cl)cc2)N1. The van der Waals surface area contributed by atoms with Crippen molar-refractivity contribution in [3.05, 3.63) is 46.6 Å². The molecule has 1 heterocycles. The predicted molar refractivity (Wildman–Crippen MR) is 102 cm³/mol. The highest BCUT2D eigenvalue weighted by atomic mass is 35.5. The number of hydrogen-bond acceptors (Lipinski definition) is 1. The zero-order valence-corrected chi connectivity index (χ0v) is 15.3. The molecule has 0 radical (unpaired) electrons. The average Bonchev–Trinajstić information content (AvgIpc) is 2.54. The highest BCUT2D eigenvalue weighted by Gasteiger charge is 2.53. The molecule has 1 aliphatic heterocycles. The van der Waals surface area contributed by atoms with E-state index in [4.69, 9.17) is 23.8 Å². The molecule has 0 spiro atoms. The minimum Gasteiger partial charge on any atom is -0.352 e. The van der Waals surface area contributed by atoms with Gasteiger partial charge in [0.05, 0.1) is 6.04 Å². The van der Waals surface area contributed by atoms with Crippen LogP contribution in [-0.2, 0) is 0 Å². The summed E-state index contributed by atoms with van der Waals surface area (Å²) in [5, 5.41) is 8.50. The molecule has 0 saturated heterocycles. The third-order valence-corrected chi connectivity index (χ3v) is 7.18. The van der Waals surface area contributed by atoms with Crippen LogP contribution in [0.3, 0.4) is 0 Å². The van der Waals surface area contributed by atoms with E-state index in [2.05, 4.69) is 28.8 Å². The number of nitrogens with one attached hydrogen (secondary N) is 2. The molecule has 4 bridgehead atoms. The lowest BCUT2D eigenvalue weighted by Gasteiger charge is -2.58. The first-order chi connectivity index (χ1) is 11.6. The Morgan fingerprint density at radius 1 is 0.958 bits per heavy atom. The molecule has 24 heavy (non-hydrogen) atoms. The van der Waals surface area contributed by atoms with Gasteiger partial charge in [0.2, 0.25) is 0 Å². The van der Waals surface area contributed by atoms with Gasteiger partial charge in [-0.05, 0) is 92.3 Å². The fraction of sp³-hybridized carbons (Fsp3) is 0.550. The van der Waals surface area contributed by atoms with Gasteiger partial charge in [-0.2, -0.15) is 0 Å². The first kappa shape index (κ1) is 15.2. The summed E-state index contributed by atoms with van der Waals surface area (Å²) >= 11 is 11.6. The lowest BCUT2D eigenvalue weighted by Crippen LogP contribution is -2.53. The van der Waals surface area contributed by atoms with Crippen LogP contribution in [0.15, 0.2) is 36.0 Å². The molecule has 5 aliphatic rings. The normalized spacial score (nSPS) is 40.0. The Morgan fingerprint density at radius 2 is 1.54 bits per heavy atom. The van der Waals surface area contributed by atoms with Crippen molar-refractivity contribution in [2.75, 3.05) is 0 Å². The third-order valence-electron chi connectivity index (χ3n) is 6.71. The van der Waals surface area contributed by atoms with Crippen molar-refractivity contribution < 1.29 is 0 Å². The van der Waals surface area contributed by atoms with Crippen molar-refractivity contribution in [1.82, 2.24) is 10.6 Å². The summed E-state index contributed by atoms with van der Waals surface area (Å²) in [4.78, 5) is 0. The Balaban J connectivity index is 1.50. The van der Waals surface area contributed by atoms with E-state index in [1.54, 1.807) is 0 Å². The summed E-state index contributed by atoms with van der Waals surface area (Å²) in [6, 6.07) is 8.27. The van der Waals surface area contributed by atoms with Crippen molar-refractivity contribution in [3.8, 4) is 0 Å². The lowest BCUT2D eigenvalue weighted by atomic mass is 9.48. The summed E-state index contributed by atoms with van der Waals surface area (Å²) in [6.07, 6.45) is 10.9. The van der Waals surface area contributed by atoms with Gasteiger partial charge in [0, 0.05) is 16.1 Å². The zero-order valence-electron chi connectivity index (χ0n) is 13.7. The molecule has 1 aromatic carbocycles. The Hall–Kier alpha value is -1.06. The van der Waals surface area contributed by atoms with E-state index in [1.807, 2.05) is 12.1 Å². The monoisotopic (exact) mass is 358 g/mol. The fourth-order valence-electron chi connectivity index (χ4n) is 6.15. The predicted octanol–water partition coefficient (Wildman–Crippen LogP) is 4.96. The quantitative estimate of drug-likeness (QED) is 0.731. The van der Waals surface area contributed by atoms with Gasteiger partial charge in [-0.25, -0.2) is 0 Å². The maximum absolute atomic E-state index is 6.04. The van der Waals surface area contributed by atoms with Crippen LogP contribution in [0.2, 0.25) is 5.02 Å². The van der Waals surface area contributed by atoms with E-state index in [-0.39, 0.29) is 6.04 Å². The van der Waals surface area contributed by atoms with Crippen LogP contribution >= 0.6 is 23.8 Å². The van der Waals surface area contributed by atoms with E-state index in [0.717, 1.165) is 27.9 Å². The van der Waals surface area contributed by atoms with E-state index in [1.165, 1.54) is 49.8 Å². The second kappa shape index (κ2) is 5.47. The number of benzene rings is 1. The second-order valence-electron chi connectivity index (χ2n) is 8.41. The smallest absolute Gasteiger partial charge is 0.171 e. The van der Waals surface area contributed by atoms with Crippen molar-refractivity contribution >= 4 is 28.9 Å². The minimum absolute atomic E-state index is 0.152. The fourth-order valence-corrected chi connectivity index (χ4v) is 6.51. The third kappa shape index (κ3) is 2.48. The molecule has 1 atom stereocenters. The highest BCUT2D eigenvalue weighted by Crippen LogP contribution is 2.62. The van der Waals surface area contributed by atoms with Gasteiger partial charge in [0.25, 0.3) is 0 Å². The molecule has 4 aliphatic carbocycles. The molecule has 2 nitrogen and oxygen atoms in total. The lowest BCUT2D eigenvalue weighted by molar-refractivity contribution is -0.0331. The van der Waals surface area contributed by atoms with Crippen LogP contribution in [0.5, 0.6) is 0 Å². The summed E-state index contributed by atoms with van der Waals surface area (Å²) in [5.74, 6) is 2.82. The van der Waals surface area contributed by atoms with Gasteiger partial charge in [0.1, 0.15) is 0 Å². The van der Waals surface area contributed by atoms with E-state index < -0.39 is 0 Å². The number of halogens is 1. The zero-order chi connectivity index (χ0) is 16.3. The summed E-state index contributed by atoms with van der Waals surface area (Å²) < 4.78 is 0. The van der Waals surface area contributed by atoms with Crippen LogP contribution in [0.25, 0.3) is 0 Å². The molecule has 4 heteroatoms. The number of thiocarbonyl (C=S) groups is 1.